The third-order valence-corrected chi connectivity index (χ3v) is 6.51. The summed E-state index contributed by atoms with van der Waals surface area (Å²) in [6.45, 7) is 0. The molecule has 24 heavy (non-hydrogen) atoms. The third-order valence-electron chi connectivity index (χ3n) is 5.10. The normalized spacial score (nSPS) is 26.3. The number of nitro benzene ring substituents is 1. The van der Waals surface area contributed by atoms with Gasteiger partial charge in [0.2, 0.25) is 10.0 Å². The van der Waals surface area contributed by atoms with Gasteiger partial charge in [-0.2, -0.15) is 0 Å². The summed E-state index contributed by atoms with van der Waals surface area (Å²) in [6, 6.07) is 5.24. The molecule has 1 aromatic carbocycles. The van der Waals surface area contributed by atoms with Gasteiger partial charge in [0, 0.05) is 31.2 Å². The maximum Gasteiger partial charge on any atom is 0.293 e. The number of hydrogen-bond donors (Lipinski definition) is 2. The van der Waals surface area contributed by atoms with E-state index in [2.05, 4.69) is 10.0 Å². The number of nitro groups is 1. The number of nitrogens with one attached hydrogen (secondary N) is 2. The van der Waals surface area contributed by atoms with Crippen molar-refractivity contribution >= 4 is 21.4 Å². The molecule has 0 saturated carbocycles. The van der Waals surface area contributed by atoms with Crippen LogP contribution in [0.1, 0.15) is 25.7 Å². The molecule has 0 spiro atoms. The fraction of sp³-hybridized carbons (Fsp3) is 0.600. The minimum Gasteiger partial charge on any atom is -0.366 e. The van der Waals surface area contributed by atoms with Crippen molar-refractivity contribution in [1.29, 1.82) is 0 Å². The molecular weight excluding hydrogens is 332 g/mol. The fourth-order valence-corrected chi connectivity index (χ4v) is 4.52. The molecule has 2 aliphatic rings. The van der Waals surface area contributed by atoms with Crippen LogP contribution in [0.2, 0.25) is 0 Å². The zero-order chi connectivity index (χ0) is 17.5. The predicted octanol–water partition coefficient (Wildman–Crippen LogP) is 1.22. The van der Waals surface area contributed by atoms with E-state index in [1.54, 1.807) is 0 Å². The summed E-state index contributed by atoms with van der Waals surface area (Å²) < 4.78 is 26.0. The number of sulfonamides is 1. The first kappa shape index (κ1) is 17.1. The third kappa shape index (κ3) is 3.11. The van der Waals surface area contributed by atoms with Crippen molar-refractivity contribution in [2.45, 2.75) is 48.7 Å². The zero-order valence-corrected chi connectivity index (χ0v) is 14.5. The van der Waals surface area contributed by atoms with E-state index in [1.165, 1.54) is 19.2 Å². The summed E-state index contributed by atoms with van der Waals surface area (Å²) in [6.07, 6.45) is 4.19. The molecule has 2 N–H and O–H groups in total. The molecule has 3 rings (SSSR count). The largest absolute Gasteiger partial charge is 0.366 e. The smallest absolute Gasteiger partial charge is 0.293 e. The molecule has 132 valence electrons. The van der Waals surface area contributed by atoms with Crippen LogP contribution in [0.15, 0.2) is 23.1 Å². The molecule has 0 aliphatic carbocycles. The average molecular weight is 354 g/mol. The van der Waals surface area contributed by atoms with E-state index in [0.717, 1.165) is 31.7 Å². The van der Waals surface area contributed by atoms with Crippen molar-refractivity contribution in [2.24, 2.45) is 0 Å². The summed E-state index contributed by atoms with van der Waals surface area (Å²) in [5, 5.41) is 15.0. The molecule has 8 nitrogen and oxygen atoms in total. The highest BCUT2D eigenvalue weighted by Gasteiger charge is 2.36. The van der Waals surface area contributed by atoms with Crippen LogP contribution in [0, 0.1) is 10.1 Å². The van der Waals surface area contributed by atoms with E-state index in [-0.39, 0.29) is 16.6 Å². The van der Waals surface area contributed by atoms with Crippen molar-refractivity contribution in [1.82, 2.24) is 10.0 Å². The summed E-state index contributed by atoms with van der Waals surface area (Å²) >= 11 is 0. The molecule has 2 aliphatic heterocycles. The first-order valence-corrected chi connectivity index (χ1v) is 9.51. The molecule has 2 fully saturated rings. The van der Waals surface area contributed by atoms with Gasteiger partial charge in [-0.3, -0.25) is 10.1 Å². The Morgan fingerprint density at radius 2 is 1.92 bits per heavy atom. The minimum atomic E-state index is -3.71. The van der Waals surface area contributed by atoms with E-state index in [1.807, 2.05) is 11.9 Å². The number of nitrogens with zero attached hydrogens (tertiary/aromatic N) is 2. The van der Waals surface area contributed by atoms with Gasteiger partial charge in [-0.05, 0) is 44.9 Å². The second-order valence-electron chi connectivity index (χ2n) is 6.49. The average Bonchev–Trinajstić information content (AvgIpc) is 2.91. The highest BCUT2D eigenvalue weighted by molar-refractivity contribution is 7.89. The molecule has 0 aromatic heterocycles. The Balaban J connectivity index is 1.93. The van der Waals surface area contributed by atoms with E-state index >= 15 is 0 Å². The van der Waals surface area contributed by atoms with E-state index in [9.17, 15) is 18.5 Å². The van der Waals surface area contributed by atoms with E-state index in [0.29, 0.717) is 17.8 Å². The second kappa shape index (κ2) is 6.30. The SMILES string of the molecule is CNS(=O)(=O)c1ccc(N(C)C2CC3CCC(C2)N3)c([N+](=O)[O-])c1. The van der Waals surface area contributed by atoms with Gasteiger partial charge in [0.1, 0.15) is 5.69 Å². The van der Waals surface area contributed by atoms with Crippen LogP contribution in [0.5, 0.6) is 0 Å². The summed E-state index contributed by atoms with van der Waals surface area (Å²) in [5.41, 5.74) is 0.279. The molecule has 2 bridgehead atoms. The van der Waals surface area contributed by atoms with E-state index < -0.39 is 14.9 Å². The number of fused-ring (bicyclic) bond motifs is 2. The van der Waals surface area contributed by atoms with Gasteiger partial charge < -0.3 is 10.2 Å². The number of piperidine rings is 1. The lowest BCUT2D eigenvalue weighted by molar-refractivity contribution is -0.384. The lowest BCUT2D eigenvalue weighted by Gasteiger charge is -2.36. The minimum absolute atomic E-state index is 0.0979. The zero-order valence-electron chi connectivity index (χ0n) is 13.7. The maximum atomic E-state index is 11.9. The van der Waals surface area contributed by atoms with Gasteiger partial charge in [0.25, 0.3) is 5.69 Å². The lowest BCUT2D eigenvalue weighted by Crippen LogP contribution is -2.47. The van der Waals surface area contributed by atoms with Crippen LogP contribution in [0.4, 0.5) is 11.4 Å². The molecule has 0 amide bonds. The van der Waals surface area contributed by atoms with Crippen LogP contribution in [-0.4, -0.2) is 45.6 Å². The quantitative estimate of drug-likeness (QED) is 0.609. The second-order valence-corrected chi connectivity index (χ2v) is 8.38. The highest BCUT2D eigenvalue weighted by atomic mass is 32.2. The Bertz CT molecular complexity index is 740. The van der Waals surface area contributed by atoms with Gasteiger partial charge >= 0.3 is 0 Å². The number of rotatable bonds is 5. The first-order valence-electron chi connectivity index (χ1n) is 8.02. The van der Waals surface area contributed by atoms with Crippen molar-refractivity contribution < 1.29 is 13.3 Å². The number of benzene rings is 1. The molecule has 0 radical (unpaired) electrons. The van der Waals surface area contributed by atoms with Gasteiger partial charge in [-0.15, -0.1) is 0 Å². The van der Waals surface area contributed by atoms with Gasteiger partial charge in [0.05, 0.1) is 9.82 Å². The van der Waals surface area contributed by atoms with Gasteiger partial charge in [-0.1, -0.05) is 0 Å². The monoisotopic (exact) mass is 354 g/mol. The Labute approximate surface area is 141 Å². The Morgan fingerprint density at radius 1 is 1.29 bits per heavy atom. The summed E-state index contributed by atoms with van der Waals surface area (Å²) in [5.74, 6) is 0. The maximum absolute atomic E-state index is 11.9. The van der Waals surface area contributed by atoms with E-state index in [4.69, 9.17) is 0 Å². The van der Waals surface area contributed by atoms with Crippen LogP contribution >= 0.6 is 0 Å². The van der Waals surface area contributed by atoms with Gasteiger partial charge in [0.15, 0.2) is 0 Å². The molecule has 2 heterocycles. The van der Waals surface area contributed by atoms with Crippen molar-refractivity contribution in [3.8, 4) is 0 Å². The number of hydrogen-bond acceptors (Lipinski definition) is 6. The van der Waals surface area contributed by atoms with Crippen molar-refractivity contribution in [2.75, 3.05) is 19.0 Å². The van der Waals surface area contributed by atoms with Gasteiger partial charge in [-0.25, -0.2) is 13.1 Å². The van der Waals surface area contributed by atoms with Crippen LogP contribution < -0.4 is 14.9 Å². The molecular formula is C15H22N4O4S. The topological polar surface area (TPSA) is 105 Å². The van der Waals surface area contributed by atoms with Crippen LogP contribution in [0.25, 0.3) is 0 Å². The predicted molar refractivity (Wildman–Crippen MR) is 90.7 cm³/mol. The lowest BCUT2D eigenvalue weighted by atomic mass is 9.98. The Hall–Kier alpha value is -1.71. The highest BCUT2D eigenvalue weighted by Crippen LogP contribution is 2.36. The Morgan fingerprint density at radius 3 is 2.46 bits per heavy atom. The fourth-order valence-electron chi connectivity index (χ4n) is 3.77. The van der Waals surface area contributed by atoms with Crippen LogP contribution in [0.3, 0.4) is 0 Å². The van der Waals surface area contributed by atoms with Crippen LogP contribution in [-0.2, 0) is 10.0 Å². The standard InChI is InChI=1S/C15H22N4O4S/c1-16-24(22,23)13-5-6-14(15(9-13)19(20)21)18(2)12-7-10-3-4-11(8-12)17-10/h5-6,9-12,16-17H,3-4,7-8H2,1-2H3. The first-order chi connectivity index (χ1) is 11.3. The number of anilines is 1. The molecule has 2 atom stereocenters. The molecule has 1 aromatic rings. The molecule has 9 heteroatoms. The summed E-state index contributed by atoms with van der Waals surface area (Å²) in [4.78, 5) is 12.8. The Kier molecular flexibility index (Phi) is 4.50. The van der Waals surface area contributed by atoms with Crippen molar-refractivity contribution in [3.05, 3.63) is 28.3 Å². The van der Waals surface area contributed by atoms with Crippen molar-refractivity contribution in [3.63, 3.8) is 0 Å². The molecule has 2 unspecified atom stereocenters. The summed E-state index contributed by atoms with van der Waals surface area (Å²) in [7, 11) is -0.577. The molecule has 2 saturated heterocycles.